The zero-order valence-electron chi connectivity index (χ0n) is 10.1. The van der Waals surface area contributed by atoms with E-state index in [2.05, 4.69) is 9.72 Å². The maximum absolute atomic E-state index is 12.2. The second-order valence-corrected chi connectivity index (χ2v) is 4.02. The van der Waals surface area contributed by atoms with Crippen molar-refractivity contribution in [2.45, 2.75) is 19.3 Å². The van der Waals surface area contributed by atoms with Crippen molar-refractivity contribution in [2.24, 2.45) is 5.73 Å². The van der Waals surface area contributed by atoms with Crippen LogP contribution in [0.4, 0.5) is 13.2 Å². The minimum atomic E-state index is -4.71. The van der Waals surface area contributed by atoms with Gasteiger partial charge in [-0.3, -0.25) is 0 Å². The molecule has 0 spiro atoms. The van der Waals surface area contributed by atoms with Gasteiger partial charge < -0.3 is 15.0 Å². The van der Waals surface area contributed by atoms with E-state index in [9.17, 15) is 13.2 Å². The molecule has 0 aliphatic rings. The Hall–Kier alpha value is -2.02. The number of hydrogen-bond donors (Lipinski definition) is 1. The van der Waals surface area contributed by atoms with Crippen molar-refractivity contribution in [3.8, 4) is 11.4 Å². The van der Waals surface area contributed by atoms with Crippen LogP contribution in [-0.4, -0.2) is 15.9 Å². The highest BCUT2D eigenvalue weighted by atomic mass is 19.4. The zero-order valence-corrected chi connectivity index (χ0v) is 10.1. The molecule has 1 aromatic heterocycles. The van der Waals surface area contributed by atoms with E-state index in [-0.39, 0.29) is 11.8 Å². The molecule has 0 aliphatic carbocycles. The molecule has 1 heterocycles. The molecule has 0 fully saturated rings. The highest BCUT2D eigenvalue weighted by Crippen LogP contribution is 2.25. The van der Waals surface area contributed by atoms with Crippen molar-refractivity contribution in [1.29, 1.82) is 0 Å². The van der Waals surface area contributed by atoms with Crippen LogP contribution < -0.4 is 10.5 Å². The monoisotopic (exact) mass is 271 g/mol. The molecular formula is C12H12F3N3O. The third kappa shape index (κ3) is 3.25. The number of hydrogen-bond acceptors (Lipinski definition) is 3. The summed E-state index contributed by atoms with van der Waals surface area (Å²) in [5, 5.41) is 0. The van der Waals surface area contributed by atoms with Gasteiger partial charge in [-0.2, -0.15) is 0 Å². The fourth-order valence-electron chi connectivity index (χ4n) is 1.69. The molecule has 0 bridgehead atoms. The van der Waals surface area contributed by atoms with Gasteiger partial charge in [-0.15, -0.1) is 13.2 Å². The molecule has 2 aromatic rings. The summed E-state index contributed by atoms with van der Waals surface area (Å²) >= 11 is 0. The summed E-state index contributed by atoms with van der Waals surface area (Å²) in [5.41, 5.74) is 6.97. The van der Waals surface area contributed by atoms with E-state index in [0.29, 0.717) is 11.4 Å². The highest BCUT2D eigenvalue weighted by Gasteiger charge is 2.31. The predicted octanol–water partition coefficient (Wildman–Crippen LogP) is 2.79. The maximum Gasteiger partial charge on any atom is 0.573 e. The summed E-state index contributed by atoms with van der Waals surface area (Å²) in [6.07, 6.45) is -1.65. The lowest BCUT2D eigenvalue weighted by atomic mass is 10.2. The zero-order chi connectivity index (χ0) is 14.0. The van der Waals surface area contributed by atoms with Crippen LogP contribution >= 0.6 is 0 Å². The Morgan fingerprint density at radius 3 is 2.74 bits per heavy atom. The number of nitrogens with zero attached hydrogens (tertiary/aromatic N) is 2. The van der Waals surface area contributed by atoms with Gasteiger partial charge in [0.25, 0.3) is 0 Å². The summed E-state index contributed by atoms with van der Waals surface area (Å²) in [6.45, 7) is 1.77. The van der Waals surface area contributed by atoms with Crippen LogP contribution in [0, 0.1) is 0 Å². The summed E-state index contributed by atoms with van der Waals surface area (Å²) in [6, 6.07) is 5.35. The van der Waals surface area contributed by atoms with Crippen molar-refractivity contribution in [3.63, 3.8) is 0 Å². The number of ether oxygens (including phenoxy) is 1. The Morgan fingerprint density at radius 1 is 1.37 bits per heavy atom. The lowest BCUT2D eigenvalue weighted by Gasteiger charge is -2.13. The van der Waals surface area contributed by atoms with Crippen LogP contribution in [0.1, 0.15) is 18.7 Å². The normalized spacial score (nSPS) is 13.3. The van der Waals surface area contributed by atoms with E-state index >= 15 is 0 Å². The first kappa shape index (κ1) is 13.4. The molecule has 2 N–H and O–H groups in total. The molecule has 0 saturated carbocycles. The molecule has 7 heteroatoms. The Kier molecular flexibility index (Phi) is 3.48. The van der Waals surface area contributed by atoms with Crippen LogP contribution in [0.3, 0.4) is 0 Å². The molecular weight excluding hydrogens is 259 g/mol. The van der Waals surface area contributed by atoms with Gasteiger partial charge in [0, 0.05) is 12.1 Å². The van der Waals surface area contributed by atoms with Gasteiger partial charge in [0.2, 0.25) is 0 Å². The third-order valence-corrected chi connectivity index (χ3v) is 2.46. The van der Waals surface area contributed by atoms with Gasteiger partial charge in [-0.05, 0) is 19.1 Å². The van der Waals surface area contributed by atoms with E-state index in [1.165, 1.54) is 24.5 Å². The van der Waals surface area contributed by atoms with E-state index < -0.39 is 6.36 Å². The molecule has 0 aliphatic heterocycles. The van der Waals surface area contributed by atoms with Crippen LogP contribution in [0.15, 0.2) is 36.8 Å². The molecule has 1 aromatic carbocycles. The standard InChI is InChI=1S/C12H12F3N3O/c1-8(16)11-6-17-7-18(11)9-3-2-4-10(5-9)19-12(13,14)15/h2-8H,16H2,1H3/t8-/m0/s1. The summed E-state index contributed by atoms with van der Waals surface area (Å²) in [4.78, 5) is 3.94. The Labute approximate surface area is 107 Å². The second kappa shape index (κ2) is 4.93. The Balaban J connectivity index is 2.35. The Morgan fingerprint density at radius 2 is 2.11 bits per heavy atom. The van der Waals surface area contributed by atoms with Gasteiger partial charge >= 0.3 is 6.36 Å². The summed E-state index contributed by atoms with van der Waals surface area (Å²) in [7, 11) is 0. The van der Waals surface area contributed by atoms with Crippen molar-refractivity contribution < 1.29 is 17.9 Å². The lowest BCUT2D eigenvalue weighted by molar-refractivity contribution is -0.274. The fraction of sp³-hybridized carbons (Fsp3) is 0.250. The van der Waals surface area contributed by atoms with Crippen molar-refractivity contribution in [1.82, 2.24) is 9.55 Å². The first-order chi connectivity index (χ1) is 8.87. The number of halogens is 3. The van der Waals surface area contributed by atoms with Gasteiger partial charge in [0.1, 0.15) is 5.75 Å². The quantitative estimate of drug-likeness (QED) is 0.933. The summed E-state index contributed by atoms with van der Waals surface area (Å²) < 4.78 is 42.0. The Bertz CT molecular complexity index is 563. The topological polar surface area (TPSA) is 53.1 Å². The fourth-order valence-corrected chi connectivity index (χ4v) is 1.69. The van der Waals surface area contributed by atoms with Gasteiger partial charge in [0.05, 0.1) is 23.9 Å². The van der Waals surface area contributed by atoms with Crippen molar-refractivity contribution >= 4 is 0 Å². The van der Waals surface area contributed by atoms with E-state index in [4.69, 9.17) is 5.73 Å². The number of imidazole rings is 1. The molecule has 0 radical (unpaired) electrons. The van der Waals surface area contributed by atoms with Crippen molar-refractivity contribution in [2.75, 3.05) is 0 Å². The number of nitrogens with two attached hydrogens (primary N) is 1. The minimum absolute atomic E-state index is 0.283. The predicted molar refractivity (Wildman–Crippen MR) is 62.8 cm³/mol. The average molecular weight is 271 g/mol. The second-order valence-electron chi connectivity index (χ2n) is 4.02. The number of aromatic nitrogens is 2. The maximum atomic E-state index is 12.2. The number of alkyl halides is 3. The lowest BCUT2D eigenvalue weighted by Crippen LogP contribution is -2.17. The first-order valence-electron chi connectivity index (χ1n) is 5.51. The van der Waals surface area contributed by atoms with Crippen LogP contribution in [-0.2, 0) is 0 Å². The smallest absolute Gasteiger partial charge is 0.406 e. The van der Waals surface area contributed by atoms with E-state index in [0.717, 1.165) is 0 Å². The molecule has 102 valence electrons. The van der Waals surface area contributed by atoms with Gasteiger partial charge in [-0.1, -0.05) is 6.07 Å². The summed E-state index contributed by atoms with van der Waals surface area (Å²) in [5.74, 6) is -0.283. The van der Waals surface area contributed by atoms with Gasteiger partial charge in [-0.25, -0.2) is 4.98 Å². The van der Waals surface area contributed by atoms with Crippen LogP contribution in [0.5, 0.6) is 5.75 Å². The number of benzene rings is 1. The molecule has 0 saturated heterocycles. The van der Waals surface area contributed by atoms with E-state index in [1.54, 1.807) is 23.8 Å². The molecule has 4 nitrogen and oxygen atoms in total. The molecule has 19 heavy (non-hydrogen) atoms. The molecule has 2 rings (SSSR count). The van der Waals surface area contributed by atoms with E-state index in [1.807, 2.05) is 0 Å². The SMILES string of the molecule is C[C@H](N)c1cncn1-c1cccc(OC(F)(F)F)c1. The first-order valence-corrected chi connectivity index (χ1v) is 5.51. The number of rotatable bonds is 3. The highest BCUT2D eigenvalue weighted by molar-refractivity contribution is 5.40. The van der Waals surface area contributed by atoms with Crippen LogP contribution in [0.25, 0.3) is 5.69 Å². The molecule has 0 unspecified atom stereocenters. The third-order valence-electron chi connectivity index (χ3n) is 2.46. The molecule has 1 atom stereocenters. The molecule has 0 amide bonds. The van der Waals surface area contributed by atoms with Crippen LogP contribution in [0.2, 0.25) is 0 Å². The average Bonchev–Trinajstić information content (AvgIpc) is 2.75. The largest absolute Gasteiger partial charge is 0.573 e. The van der Waals surface area contributed by atoms with Crippen molar-refractivity contribution in [3.05, 3.63) is 42.5 Å². The minimum Gasteiger partial charge on any atom is -0.406 e. The van der Waals surface area contributed by atoms with Gasteiger partial charge in [0.15, 0.2) is 0 Å².